The number of carbonyl (C=O) groups is 1. The number of methoxy groups -OCH3 is 1. The summed E-state index contributed by atoms with van der Waals surface area (Å²) in [6.45, 7) is 3.75. The van der Waals surface area contributed by atoms with Crippen LogP contribution in [0.5, 0.6) is 0 Å². The van der Waals surface area contributed by atoms with E-state index in [1.165, 1.54) is 14.0 Å². The first-order valence-corrected chi connectivity index (χ1v) is 5.26. The van der Waals surface area contributed by atoms with Gasteiger partial charge in [-0.25, -0.2) is 14.8 Å². The highest BCUT2D eigenvalue weighted by atomic mass is 16.5. The monoisotopic (exact) mass is 239 g/mol. The van der Waals surface area contributed by atoms with Crippen molar-refractivity contribution in [2.24, 2.45) is 0 Å². The van der Waals surface area contributed by atoms with Gasteiger partial charge in [-0.2, -0.15) is 0 Å². The van der Waals surface area contributed by atoms with Crippen molar-refractivity contribution in [1.29, 1.82) is 0 Å². The Balaban J connectivity index is 2.45. The lowest BCUT2D eigenvalue weighted by atomic mass is 10.1. The molecule has 0 aliphatic heterocycles. The van der Waals surface area contributed by atoms with Crippen LogP contribution in [-0.4, -0.2) is 40.3 Å². The van der Waals surface area contributed by atoms with Crippen LogP contribution in [0, 0.1) is 6.92 Å². The number of hydrogen-bond donors (Lipinski definition) is 2. The number of esters is 1. The summed E-state index contributed by atoms with van der Waals surface area (Å²) in [5, 5.41) is 12.7. The Hall–Kier alpha value is -1.53. The zero-order chi connectivity index (χ0) is 12.9. The van der Waals surface area contributed by atoms with Crippen molar-refractivity contribution >= 4 is 5.97 Å². The number of nitrogens with zero attached hydrogens (tertiary/aromatic N) is 2. The Labute approximate surface area is 100 Å². The molecule has 17 heavy (non-hydrogen) atoms. The van der Waals surface area contributed by atoms with Crippen molar-refractivity contribution in [2.75, 3.05) is 13.7 Å². The Bertz CT molecular complexity index is 393. The van der Waals surface area contributed by atoms with Crippen molar-refractivity contribution in [2.45, 2.75) is 26.0 Å². The molecule has 1 unspecified atom stereocenters. The van der Waals surface area contributed by atoms with Gasteiger partial charge in [0.25, 0.3) is 0 Å². The number of rotatable bonds is 5. The van der Waals surface area contributed by atoms with Crippen molar-refractivity contribution < 1.29 is 14.6 Å². The molecule has 0 aliphatic rings. The van der Waals surface area contributed by atoms with E-state index in [2.05, 4.69) is 20.0 Å². The molecule has 0 aliphatic carbocycles. The number of aryl methyl sites for hydroxylation is 1. The van der Waals surface area contributed by atoms with Crippen LogP contribution in [0.3, 0.4) is 0 Å². The molecule has 0 amide bonds. The Morgan fingerprint density at radius 1 is 1.65 bits per heavy atom. The molecular formula is C11H17N3O3. The van der Waals surface area contributed by atoms with Gasteiger partial charge >= 0.3 is 5.97 Å². The number of aliphatic hydroxyl groups is 1. The third-order valence-corrected chi connectivity index (χ3v) is 2.23. The summed E-state index contributed by atoms with van der Waals surface area (Å²) in [5.74, 6) is 0.0212. The first-order valence-electron chi connectivity index (χ1n) is 5.26. The van der Waals surface area contributed by atoms with E-state index in [0.29, 0.717) is 12.4 Å². The highest BCUT2D eigenvalue weighted by Gasteiger charge is 2.30. The molecule has 0 fully saturated rings. The Morgan fingerprint density at radius 3 is 2.94 bits per heavy atom. The van der Waals surface area contributed by atoms with E-state index in [1.807, 2.05) is 0 Å². The Morgan fingerprint density at radius 2 is 2.35 bits per heavy atom. The van der Waals surface area contributed by atoms with Gasteiger partial charge in [-0.3, -0.25) is 0 Å². The van der Waals surface area contributed by atoms with E-state index in [1.54, 1.807) is 19.2 Å². The minimum absolute atomic E-state index is 0.0999. The van der Waals surface area contributed by atoms with E-state index in [4.69, 9.17) is 0 Å². The minimum atomic E-state index is -1.53. The molecule has 1 rings (SSSR count). The quantitative estimate of drug-likeness (QED) is 0.692. The van der Waals surface area contributed by atoms with Crippen LogP contribution < -0.4 is 5.32 Å². The van der Waals surface area contributed by atoms with Crippen molar-refractivity contribution in [1.82, 2.24) is 15.3 Å². The maximum atomic E-state index is 11.2. The molecule has 1 atom stereocenters. The summed E-state index contributed by atoms with van der Waals surface area (Å²) in [6, 6.07) is 1.77. The van der Waals surface area contributed by atoms with Gasteiger partial charge in [-0.1, -0.05) is 0 Å². The fourth-order valence-electron chi connectivity index (χ4n) is 1.33. The fraction of sp³-hybridized carbons (Fsp3) is 0.545. The average Bonchev–Trinajstić information content (AvgIpc) is 2.27. The molecule has 0 saturated carbocycles. The zero-order valence-electron chi connectivity index (χ0n) is 10.2. The SMILES string of the molecule is COC(=O)C(C)(O)CNCc1ccnc(C)n1. The number of hydrogen-bond acceptors (Lipinski definition) is 6. The van der Waals surface area contributed by atoms with Gasteiger partial charge in [0.05, 0.1) is 12.8 Å². The van der Waals surface area contributed by atoms with Crippen LogP contribution in [0.25, 0.3) is 0 Å². The lowest BCUT2D eigenvalue weighted by Crippen LogP contribution is -2.45. The summed E-state index contributed by atoms with van der Waals surface area (Å²) in [4.78, 5) is 19.4. The van der Waals surface area contributed by atoms with Crippen LogP contribution in [-0.2, 0) is 16.1 Å². The molecule has 0 saturated heterocycles. The van der Waals surface area contributed by atoms with Crippen LogP contribution >= 0.6 is 0 Å². The normalized spacial score (nSPS) is 14.1. The maximum absolute atomic E-state index is 11.2. The number of carbonyl (C=O) groups excluding carboxylic acids is 1. The molecule has 0 radical (unpaired) electrons. The van der Waals surface area contributed by atoms with Crippen molar-refractivity contribution in [3.8, 4) is 0 Å². The van der Waals surface area contributed by atoms with Crippen molar-refractivity contribution in [3.63, 3.8) is 0 Å². The second kappa shape index (κ2) is 5.70. The van der Waals surface area contributed by atoms with Gasteiger partial charge in [0.1, 0.15) is 5.82 Å². The zero-order valence-corrected chi connectivity index (χ0v) is 10.2. The minimum Gasteiger partial charge on any atom is -0.467 e. The maximum Gasteiger partial charge on any atom is 0.338 e. The predicted octanol–water partition coefficient (Wildman–Crippen LogP) is -0.201. The van der Waals surface area contributed by atoms with E-state index < -0.39 is 11.6 Å². The second-order valence-corrected chi connectivity index (χ2v) is 3.96. The molecule has 6 nitrogen and oxygen atoms in total. The van der Waals surface area contributed by atoms with E-state index >= 15 is 0 Å². The fourth-order valence-corrected chi connectivity index (χ4v) is 1.33. The topological polar surface area (TPSA) is 84.3 Å². The third kappa shape index (κ3) is 4.08. The molecule has 1 heterocycles. The third-order valence-electron chi connectivity index (χ3n) is 2.23. The van der Waals surface area contributed by atoms with E-state index in [0.717, 1.165) is 5.69 Å². The van der Waals surface area contributed by atoms with E-state index in [9.17, 15) is 9.90 Å². The van der Waals surface area contributed by atoms with Gasteiger partial charge in [-0.05, 0) is 19.9 Å². The van der Waals surface area contributed by atoms with Crippen LogP contribution in [0.15, 0.2) is 12.3 Å². The number of aromatic nitrogens is 2. The van der Waals surface area contributed by atoms with Crippen LogP contribution in [0.2, 0.25) is 0 Å². The number of nitrogens with one attached hydrogen (secondary N) is 1. The summed E-state index contributed by atoms with van der Waals surface area (Å²) >= 11 is 0. The lowest BCUT2D eigenvalue weighted by Gasteiger charge is -2.20. The molecule has 94 valence electrons. The van der Waals surface area contributed by atoms with Gasteiger partial charge in [0.2, 0.25) is 0 Å². The first kappa shape index (κ1) is 13.5. The van der Waals surface area contributed by atoms with Gasteiger partial charge in [0, 0.05) is 19.3 Å². The average molecular weight is 239 g/mol. The summed E-state index contributed by atoms with van der Waals surface area (Å²) in [6.07, 6.45) is 1.66. The predicted molar refractivity (Wildman–Crippen MR) is 61.1 cm³/mol. The molecule has 6 heteroatoms. The molecule has 2 N–H and O–H groups in total. The molecular weight excluding hydrogens is 222 g/mol. The molecule has 0 aromatic carbocycles. The summed E-state index contributed by atoms with van der Waals surface area (Å²) in [5.41, 5.74) is -0.727. The van der Waals surface area contributed by atoms with Crippen molar-refractivity contribution in [3.05, 3.63) is 23.8 Å². The lowest BCUT2D eigenvalue weighted by molar-refractivity contribution is -0.159. The van der Waals surface area contributed by atoms with E-state index in [-0.39, 0.29) is 6.54 Å². The first-order chi connectivity index (χ1) is 7.95. The van der Waals surface area contributed by atoms with Crippen LogP contribution in [0.4, 0.5) is 0 Å². The highest BCUT2D eigenvalue weighted by Crippen LogP contribution is 2.04. The molecule has 1 aromatic rings. The van der Waals surface area contributed by atoms with Gasteiger partial charge in [-0.15, -0.1) is 0 Å². The molecule has 0 spiro atoms. The number of ether oxygens (including phenoxy) is 1. The highest BCUT2D eigenvalue weighted by molar-refractivity contribution is 5.78. The van der Waals surface area contributed by atoms with Gasteiger partial charge in [0.15, 0.2) is 5.60 Å². The standard InChI is InChI=1S/C11H17N3O3/c1-8-13-5-4-9(14-8)6-12-7-11(2,16)10(15)17-3/h4-5,12,16H,6-7H2,1-3H3. The summed E-state index contributed by atoms with van der Waals surface area (Å²) in [7, 11) is 1.24. The summed E-state index contributed by atoms with van der Waals surface area (Å²) < 4.78 is 4.48. The van der Waals surface area contributed by atoms with Gasteiger partial charge < -0.3 is 15.2 Å². The molecule has 0 bridgehead atoms. The second-order valence-electron chi connectivity index (χ2n) is 3.96. The smallest absolute Gasteiger partial charge is 0.338 e. The molecule has 1 aromatic heterocycles. The van der Waals surface area contributed by atoms with Crippen LogP contribution in [0.1, 0.15) is 18.4 Å². The Kier molecular flexibility index (Phi) is 4.53. The largest absolute Gasteiger partial charge is 0.467 e.